The zero-order chi connectivity index (χ0) is 15.7. The predicted octanol–water partition coefficient (Wildman–Crippen LogP) is 3.26. The molecule has 5 heteroatoms. The monoisotopic (exact) mass is 292 g/mol. The highest BCUT2D eigenvalue weighted by Crippen LogP contribution is 2.11. The molecule has 1 atom stereocenters. The summed E-state index contributed by atoms with van der Waals surface area (Å²) in [5, 5.41) is 14.2. The van der Waals surface area contributed by atoms with Crippen molar-refractivity contribution in [3.8, 4) is 0 Å². The van der Waals surface area contributed by atoms with E-state index >= 15 is 0 Å². The second-order valence-corrected chi connectivity index (χ2v) is 5.08. The smallest absolute Gasteiger partial charge is 0.319 e. The number of aliphatic carboxylic acids is 1. The molecular formula is C16H24N2O3. The third-order valence-corrected chi connectivity index (χ3v) is 3.38. The minimum atomic E-state index is -0.891. The van der Waals surface area contributed by atoms with Gasteiger partial charge in [-0.05, 0) is 37.0 Å². The van der Waals surface area contributed by atoms with Crippen LogP contribution in [0.4, 0.5) is 10.5 Å². The fraction of sp³-hybridized carbons (Fsp3) is 0.500. The Labute approximate surface area is 125 Å². The fourth-order valence-corrected chi connectivity index (χ4v) is 1.93. The van der Waals surface area contributed by atoms with Gasteiger partial charge in [-0.1, -0.05) is 32.4 Å². The first-order valence-electron chi connectivity index (χ1n) is 7.43. The van der Waals surface area contributed by atoms with Crippen molar-refractivity contribution in [1.29, 1.82) is 0 Å². The topological polar surface area (TPSA) is 78.4 Å². The number of anilines is 1. The highest BCUT2D eigenvalue weighted by atomic mass is 16.4. The molecule has 0 aromatic heterocycles. The first-order valence-corrected chi connectivity index (χ1v) is 7.43. The summed E-state index contributed by atoms with van der Waals surface area (Å²) >= 11 is 0. The predicted molar refractivity (Wildman–Crippen MR) is 83.5 cm³/mol. The highest BCUT2D eigenvalue weighted by Gasteiger charge is 2.15. The van der Waals surface area contributed by atoms with Crippen molar-refractivity contribution < 1.29 is 14.7 Å². The number of carbonyl (C=O) groups excluding carboxylic acids is 1. The summed E-state index contributed by atoms with van der Waals surface area (Å²) in [6.45, 7) is 4.07. The van der Waals surface area contributed by atoms with Crippen molar-refractivity contribution >= 4 is 17.7 Å². The van der Waals surface area contributed by atoms with Crippen molar-refractivity contribution in [3.05, 3.63) is 29.8 Å². The second-order valence-electron chi connectivity index (χ2n) is 5.08. The van der Waals surface area contributed by atoms with Gasteiger partial charge in [0.2, 0.25) is 0 Å². The van der Waals surface area contributed by atoms with E-state index in [1.807, 2.05) is 24.3 Å². The molecule has 0 heterocycles. The van der Waals surface area contributed by atoms with Gasteiger partial charge in [-0.15, -0.1) is 0 Å². The molecule has 5 nitrogen and oxygen atoms in total. The van der Waals surface area contributed by atoms with E-state index in [4.69, 9.17) is 5.11 Å². The lowest BCUT2D eigenvalue weighted by Gasteiger charge is -2.12. The maximum atomic E-state index is 11.7. The molecule has 0 aliphatic carbocycles. The van der Waals surface area contributed by atoms with Crippen LogP contribution in [0.15, 0.2) is 24.3 Å². The Morgan fingerprint density at radius 2 is 1.86 bits per heavy atom. The average molecular weight is 292 g/mol. The summed E-state index contributed by atoms with van der Waals surface area (Å²) in [6.07, 6.45) is 3.84. The maximum Gasteiger partial charge on any atom is 0.319 e. The maximum absolute atomic E-state index is 11.7. The molecular weight excluding hydrogens is 268 g/mol. The Morgan fingerprint density at radius 3 is 2.38 bits per heavy atom. The van der Waals surface area contributed by atoms with Gasteiger partial charge in [-0.2, -0.15) is 0 Å². The van der Waals surface area contributed by atoms with Crippen LogP contribution in [0.1, 0.15) is 38.7 Å². The van der Waals surface area contributed by atoms with E-state index in [-0.39, 0.29) is 12.6 Å². The van der Waals surface area contributed by atoms with E-state index < -0.39 is 11.9 Å². The molecule has 21 heavy (non-hydrogen) atoms. The summed E-state index contributed by atoms with van der Waals surface area (Å²) in [5.41, 5.74) is 1.95. The van der Waals surface area contributed by atoms with Crippen molar-refractivity contribution in [3.63, 3.8) is 0 Å². The van der Waals surface area contributed by atoms with Gasteiger partial charge in [-0.3, -0.25) is 4.79 Å². The van der Waals surface area contributed by atoms with Crippen LogP contribution in [-0.4, -0.2) is 23.7 Å². The van der Waals surface area contributed by atoms with Crippen molar-refractivity contribution in [2.75, 3.05) is 11.9 Å². The number of carboxylic acid groups (broad SMARTS) is 1. The van der Waals surface area contributed by atoms with Crippen LogP contribution in [0.3, 0.4) is 0 Å². The molecule has 3 N–H and O–H groups in total. The number of unbranched alkanes of at least 4 members (excludes halogenated alkanes) is 1. The van der Waals surface area contributed by atoms with Gasteiger partial charge in [0.15, 0.2) is 0 Å². The lowest BCUT2D eigenvalue weighted by molar-refractivity contribution is -0.141. The Hall–Kier alpha value is -2.04. The van der Waals surface area contributed by atoms with Gasteiger partial charge in [0.1, 0.15) is 0 Å². The largest absolute Gasteiger partial charge is 0.481 e. The number of nitrogens with one attached hydrogen (secondary N) is 2. The SMILES string of the molecule is CCCCc1ccc(NC(=O)NCC(CC)C(=O)O)cc1. The Bertz CT molecular complexity index is 457. The van der Waals surface area contributed by atoms with E-state index in [9.17, 15) is 9.59 Å². The van der Waals surface area contributed by atoms with Crippen LogP contribution < -0.4 is 10.6 Å². The molecule has 1 unspecified atom stereocenters. The zero-order valence-electron chi connectivity index (χ0n) is 12.7. The van der Waals surface area contributed by atoms with Gasteiger partial charge in [0.25, 0.3) is 0 Å². The summed E-state index contributed by atoms with van der Waals surface area (Å²) < 4.78 is 0. The van der Waals surface area contributed by atoms with Crippen LogP contribution in [0.25, 0.3) is 0 Å². The van der Waals surface area contributed by atoms with Crippen LogP contribution in [0.2, 0.25) is 0 Å². The van der Waals surface area contributed by atoms with Gasteiger partial charge in [0, 0.05) is 12.2 Å². The molecule has 0 aliphatic rings. The number of carbonyl (C=O) groups is 2. The number of benzene rings is 1. The molecule has 116 valence electrons. The molecule has 1 aromatic rings. The van der Waals surface area contributed by atoms with Crippen LogP contribution in [0.5, 0.6) is 0 Å². The minimum Gasteiger partial charge on any atom is -0.481 e. The van der Waals surface area contributed by atoms with Gasteiger partial charge < -0.3 is 15.7 Å². The molecule has 0 fully saturated rings. The first kappa shape index (κ1) is 17.0. The summed E-state index contributed by atoms with van der Waals surface area (Å²) in [7, 11) is 0. The third-order valence-electron chi connectivity index (χ3n) is 3.38. The van der Waals surface area contributed by atoms with Gasteiger partial charge in [0.05, 0.1) is 5.92 Å². The van der Waals surface area contributed by atoms with Crippen LogP contribution in [0, 0.1) is 5.92 Å². The number of rotatable bonds is 8. The number of carboxylic acids is 1. The second kappa shape index (κ2) is 9.00. The highest BCUT2D eigenvalue weighted by molar-refractivity contribution is 5.89. The molecule has 0 bridgehead atoms. The van der Waals surface area contributed by atoms with E-state index in [1.54, 1.807) is 6.92 Å². The lowest BCUT2D eigenvalue weighted by Crippen LogP contribution is -2.35. The minimum absolute atomic E-state index is 0.131. The summed E-state index contributed by atoms with van der Waals surface area (Å²) in [6, 6.07) is 7.34. The van der Waals surface area contributed by atoms with Crippen molar-refractivity contribution in [2.45, 2.75) is 39.5 Å². The van der Waals surface area contributed by atoms with Crippen molar-refractivity contribution in [1.82, 2.24) is 5.32 Å². The molecule has 2 amide bonds. The van der Waals surface area contributed by atoms with E-state index in [2.05, 4.69) is 17.6 Å². The van der Waals surface area contributed by atoms with E-state index in [0.29, 0.717) is 12.1 Å². The molecule has 1 rings (SSSR count). The van der Waals surface area contributed by atoms with E-state index in [0.717, 1.165) is 19.3 Å². The number of aryl methyl sites for hydroxylation is 1. The first-order chi connectivity index (χ1) is 10.1. The Balaban J connectivity index is 2.42. The Morgan fingerprint density at radius 1 is 1.19 bits per heavy atom. The molecule has 0 radical (unpaired) electrons. The molecule has 0 saturated heterocycles. The van der Waals surface area contributed by atoms with Crippen molar-refractivity contribution in [2.24, 2.45) is 5.92 Å². The zero-order valence-corrected chi connectivity index (χ0v) is 12.7. The molecule has 0 aliphatic heterocycles. The number of hydrogen-bond acceptors (Lipinski definition) is 2. The molecule has 0 spiro atoms. The number of amides is 2. The van der Waals surface area contributed by atoms with Gasteiger partial charge in [-0.25, -0.2) is 4.79 Å². The summed E-state index contributed by atoms with van der Waals surface area (Å²) in [5.74, 6) is -1.44. The molecule has 0 saturated carbocycles. The quantitative estimate of drug-likeness (QED) is 0.688. The Kier molecular flexibility index (Phi) is 7.29. The fourth-order valence-electron chi connectivity index (χ4n) is 1.93. The summed E-state index contributed by atoms with van der Waals surface area (Å²) in [4.78, 5) is 22.6. The standard InChI is InChI=1S/C16H24N2O3/c1-3-5-6-12-7-9-14(10-8-12)18-16(21)17-11-13(4-2)15(19)20/h7-10,13H,3-6,11H2,1-2H3,(H,19,20)(H2,17,18,21). The average Bonchev–Trinajstić information content (AvgIpc) is 2.47. The number of urea groups is 1. The van der Waals surface area contributed by atoms with Crippen LogP contribution in [-0.2, 0) is 11.2 Å². The number of hydrogen-bond donors (Lipinski definition) is 3. The third kappa shape index (κ3) is 6.29. The lowest BCUT2D eigenvalue weighted by atomic mass is 10.1. The van der Waals surface area contributed by atoms with E-state index in [1.165, 1.54) is 5.56 Å². The molecule has 1 aromatic carbocycles. The van der Waals surface area contributed by atoms with Gasteiger partial charge >= 0.3 is 12.0 Å². The van der Waals surface area contributed by atoms with Crippen LogP contribution >= 0.6 is 0 Å². The normalized spacial score (nSPS) is 11.7.